The van der Waals surface area contributed by atoms with Crippen LogP contribution < -0.4 is 0 Å². The van der Waals surface area contributed by atoms with E-state index in [1.54, 1.807) is 11.8 Å². The molecule has 2 aliphatic rings. The fourth-order valence-electron chi connectivity index (χ4n) is 2.57. The Kier molecular flexibility index (Phi) is 2.08. The van der Waals surface area contributed by atoms with Crippen LogP contribution in [-0.4, -0.2) is 40.4 Å². The number of β-lactam (4-membered cyclic amide) rings is 1. The molecule has 80 valence electrons. The highest BCUT2D eigenvalue weighted by Crippen LogP contribution is 2.41. The minimum absolute atomic E-state index is 0.0229. The van der Waals surface area contributed by atoms with Crippen molar-refractivity contribution < 1.29 is 14.6 Å². The molecule has 1 amide bonds. The fourth-order valence-corrected chi connectivity index (χ4v) is 2.57. The van der Waals surface area contributed by atoms with E-state index in [2.05, 4.69) is 0 Å². The zero-order chi connectivity index (χ0) is 10.5. The lowest BCUT2D eigenvalue weighted by Crippen LogP contribution is -2.73. The van der Waals surface area contributed by atoms with E-state index in [9.17, 15) is 9.90 Å². The largest absolute Gasteiger partial charge is 0.393 e. The number of fused-ring (bicyclic) bond motifs is 1. The predicted molar refractivity (Wildman–Crippen MR) is 50.5 cm³/mol. The third-order valence-corrected chi connectivity index (χ3v) is 3.24. The maximum atomic E-state index is 11.7. The van der Waals surface area contributed by atoms with Gasteiger partial charge >= 0.3 is 0 Å². The Hall–Kier alpha value is -0.610. The molecular weight excluding hydrogens is 182 g/mol. The zero-order valence-electron chi connectivity index (χ0n) is 8.86. The van der Waals surface area contributed by atoms with Gasteiger partial charge < -0.3 is 14.7 Å². The molecule has 0 radical (unpaired) electrons. The van der Waals surface area contributed by atoms with Crippen LogP contribution >= 0.6 is 0 Å². The van der Waals surface area contributed by atoms with Gasteiger partial charge in [-0.3, -0.25) is 4.79 Å². The average molecular weight is 199 g/mol. The van der Waals surface area contributed by atoms with Crippen LogP contribution in [0.25, 0.3) is 0 Å². The molecular formula is C10H17NO3. The Balaban J connectivity index is 2.17. The number of ether oxygens (including phenoxy) is 1. The summed E-state index contributed by atoms with van der Waals surface area (Å²) in [5.74, 6) is -0.187. The predicted octanol–water partition coefficient (Wildman–Crippen LogP) is 0.351. The Bertz CT molecular complexity index is 262. The van der Waals surface area contributed by atoms with E-state index in [1.807, 2.05) is 13.8 Å². The summed E-state index contributed by atoms with van der Waals surface area (Å²) in [5, 5.41) is 9.46. The lowest BCUT2D eigenvalue weighted by atomic mass is 9.79. The standard InChI is InChI=1S/C10H17NO3/c1-6(12)8-7-4-5-14-10(2,3)11(7)9(8)13/h6-8,12H,4-5H2,1-3H3/t6?,7-,8+/m0/s1. The highest BCUT2D eigenvalue weighted by Gasteiger charge is 2.56. The van der Waals surface area contributed by atoms with E-state index in [0.29, 0.717) is 6.61 Å². The molecule has 14 heavy (non-hydrogen) atoms. The number of nitrogens with zero attached hydrogens (tertiary/aromatic N) is 1. The van der Waals surface area contributed by atoms with Crippen molar-refractivity contribution >= 4 is 5.91 Å². The first-order chi connectivity index (χ1) is 6.45. The van der Waals surface area contributed by atoms with Crippen molar-refractivity contribution in [2.45, 2.75) is 45.1 Å². The summed E-state index contributed by atoms with van der Waals surface area (Å²) < 4.78 is 5.52. The van der Waals surface area contributed by atoms with Crippen LogP contribution in [0.1, 0.15) is 27.2 Å². The third kappa shape index (κ3) is 1.17. The Morgan fingerprint density at radius 1 is 1.64 bits per heavy atom. The first-order valence-corrected chi connectivity index (χ1v) is 5.10. The molecule has 0 aromatic rings. The molecule has 0 saturated carbocycles. The van der Waals surface area contributed by atoms with E-state index in [1.165, 1.54) is 0 Å². The van der Waals surface area contributed by atoms with Crippen LogP contribution in [0.4, 0.5) is 0 Å². The van der Waals surface area contributed by atoms with Gasteiger partial charge in [0.2, 0.25) is 5.91 Å². The molecule has 1 N–H and O–H groups in total. The molecule has 2 heterocycles. The maximum Gasteiger partial charge on any atom is 0.232 e. The fraction of sp³-hybridized carbons (Fsp3) is 0.900. The Morgan fingerprint density at radius 2 is 2.29 bits per heavy atom. The molecule has 4 heteroatoms. The minimum atomic E-state index is -0.544. The second-order valence-corrected chi connectivity index (χ2v) is 4.63. The summed E-state index contributed by atoms with van der Waals surface area (Å²) in [6, 6.07) is 0.172. The number of rotatable bonds is 1. The molecule has 0 spiro atoms. The van der Waals surface area contributed by atoms with Gasteiger partial charge in [-0.2, -0.15) is 0 Å². The smallest absolute Gasteiger partial charge is 0.232 e. The van der Waals surface area contributed by atoms with Crippen molar-refractivity contribution in [2.24, 2.45) is 5.92 Å². The molecule has 2 saturated heterocycles. The van der Waals surface area contributed by atoms with E-state index < -0.39 is 11.8 Å². The summed E-state index contributed by atoms with van der Waals surface area (Å²) >= 11 is 0. The molecule has 4 nitrogen and oxygen atoms in total. The number of aliphatic hydroxyl groups is 1. The average Bonchev–Trinajstić information content (AvgIpc) is 1.99. The minimum Gasteiger partial charge on any atom is -0.393 e. The number of amides is 1. The molecule has 2 aliphatic heterocycles. The third-order valence-electron chi connectivity index (χ3n) is 3.24. The van der Waals surface area contributed by atoms with Gasteiger partial charge in [-0.1, -0.05) is 0 Å². The molecule has 0 aromatic heterocycles. The van der Waals surface area contributed by atoms with E-state index >= 15 is 0 Å². The van der Waals surface area contributed by atoms with Gasteiger partial charge in [0.05, 0.1) is 24.7 Å². The van der Waals surface area contributed by atoms with Gasteiger partial charge in [0.1, 0.15) is 5.72 Å². The van der Waals surface area contributed by atoms with Crippen LogP contribution in [0.15, 0.2) is 0 Å². The lowest BCUT2D eigenvalue weighted by Gasteiger charge is -2.58. The molecule has 2 rings (SSSR count). The topological polar surface area (TPSA) is 49.8 Å². The number of hydrogen-bond acceptors (Lipinski definition) is 3. The van der Waals surface area contributed by atoms with Gasteiger partial charge in [0.25, 0.3) is 0 Å². The van der Waals surface area contributed by atoms with E-state index in [0.717, 1.165) is 6.42 Å². The van der Waals surface area contributed by atoms with Gasteiger partial charge in [0, 0.05) is 0 Å². The van der Waals surface area contributed by atoms with Crippen LogP contribution in [0.5, 0.6) is 0 Å². The summed E-state index contributed by atoms with van der Waals surface area (Å²) in [6.45, 7) is 6.15. The summed E-state index contributed by atoms with van der Waals surface area (Å²) in [5.41, 5.74) is -0.495. The Labute approximate surface area is 83.8 Å². The van der Waals surface area contributed by atoms with Crippen molar-refractivity contribution in [3.8, 4) is 0 Å². The zero-order valence-corrected chi connectivity index (χ0v) is 8.86. The normalized spacial score (nSPS) is 37.4. The number of aliphatic hydroxyl groups excluding tert-OH is 1. The van der Waals surface area contributed by atoms with Gasteiger partial charge in [0.15, 0.2) is 0 Å². The summed E-state index contributed by atoms with van der Waals surface area (Å²) in [7, 11) is 0. The van der Waals surface area contributed by atoms with Crippen molar-refractivity contribution in [3.05, 3.63) is 0 Å². The van der Waals surface area contributed by atoms with Crippen LogP contribution in [0, 0.1) is 5.92 Å². The molecule has 0 aromatic carbocycles. The molecule has 0 bridgehead atoms. The van der Waals surface area contributed by atoms with Crippen molar-refractivity contribution in [1.29, 1.82) is 0 Å². The van der Waals surface area contributed by atoms with Gasteiger partial charge in [-0.25, -0.2) is 0 Å². The van der Waals surface area contributed by atoms with Crippen molar-refractivity contribution in [1.82, 2.24) is 4.90 Å². The summed E-state index contributed by atoms with van der Waals surface area (Å²) in [4.78, 5) is 13.5. The molecule has 1 unspecified atom stereocenters. The number of hydrogen-bond donors (Lipinski definition) is 1. The summed E-state index contributed by atoms with van der Waals surface area (Å²) in [6.07, 6.45) is 0.294. The second kappa shape index (κ2) is 2.94. The van der Waals surface area contributed by atoms with Crippen LogP contribution in [-0.2, 0) is 9.53 Å². The van der Waals surface area contributed by atoms with Crippen molar-refractivity contribution in [3.63, 3.8) is 0 Å². The highest BCUT2D eigenvalue weighted by molar-refractivity contribution is 5.87. The maximum absolute atomic E-state index is 11.7. The van der Waals surface area contributed by atoms with E-state index in [-0.39, 0.29) is 17.9 Å². The van der Waals surface area contributed by atoms with E-state index in [4.69, 9.17) is 4.74 Å². The first-order valence-electron chi connectivity index (χ1n) is 5.10. The monoisotopic (exact) mass is 199 g/mol. The quantitative estimate of drug-likeness (QED) is 0.620. The number of carbonyl (C=O) groups excluding carboxylic acids is 1. The van der Waals surface area contributed by atoms with Crippen LogP contribution in [0.2, 0.25) is 0 Å². The molecule has 3 atom stereocenters. The van der Waals surface area contributed by atoms with Crippen molar-refractivity contribution in [2.75, 3.05) is 6.61 Å². The van der Waals surface area contributed by atoms with Gasteiger partial charge in [-0.05, 0) is 27.2 Å². The first kappa shape index (κ1) is 9.93. The second-order valence-electron chi connectivity index (χ2n) is 4.63. The molecule has 2 fully saturated rings. The SMILES string of the molecule is CC(O)[C@H]1C(=O)N2[C@H]1CCOC2(C)C. The Morgan fingerprint density at radius 3 is 2.86 bits per heavy atom. The van der Waals surface area contributed by atoms with Gasteiger partial charge in [-0.15, -0.1) is 0 Å². The number of carbonyl (C=O) groups is 1. The lowest BCUT2D eigenvalue weighted by molar-refractivity contribution is -0.240. The van der Waals surface area contributed by atoms with Crippen LogP contribution in [0.3, 0.4) is 0 Å². The highest BCUT2D eigenvalue weighted by atomic mass is 16.5. The molecule has 0 aliphatic carbocycles.